The first-order valence-electron chi connectivity index (χ1n) is 10.8. The van der Waals surface area contributed by atoms with E-state index in [2.05, 4.69) is 67.8 Å². The number of hydrogen-bond acceptors (Lipinski definition) is 6. The Kier molecular flexibility index (Phi) is 5.40. The maximum Gasteiger partial charge on any atom is 0.123 e. The van der Waals surface area contributed by atoms with Crippen LogP contribution in [0, 0.1) is 0 Å². The summed E-state index contributed by atoms with van der Waals surface area (Å²) in [7, 11) is 0. The molecule has 0 spiro atoms. The quantitative estimate of drug-likeness (QED) is 0.447. The molecule has 1 fully saturated rings. The number of fused-ring (bicyclic) bond motifs is 1. The van der Waals surface area contributed by atoms with Gasteiger partial charge < -0.3 is 16.0 Å². The number of nitrogen functional groups attached to an aromatic ring is 1. The van der Waals surface area contributed by atoms with Crippen molar-refractivity contribution in [3.63, 3.8) is 0 Å². The molecule has 0 bridgehead atoms. The van der Waals surface area contributed by atoms with E-state index in [1.165, 1.54) is 16.5 Å². The van der Waals surface area contributed by atoms with Crippen LogP contribution in [0.5, 0.6) is 0 Å². The van der Waals surface area contributed by atoms with Crippen LogP contribution in [-0.4, -0.2) is 55.3 Å². The Balaban J connectivity index is 1.47. The highest BCUT2D eigenvalue weighted by Gasteiger charge is 2.31. The SMILES string of the molecule is CCC(c1c[nH]c2ccc(-n3cnnc3)cc12)C1CNCCN1Cc1ccc(N)nc1. The number of piperazine rings is 1. The molecule has 1 aliphatic rings. The second-order valence-electron chi connectivity index (χ2n) is 8.19. The first-order valence-corrected chi connectivity index (χ1v) is 10.8. The van der Waals surface area contributed by atoms with E-state index in [9.17, 15) is 0 Å². The van der Waals surface area contributed by atoms with Crippen LogP contribution in [-0.2, 0) is 6.54 Å². The third kappa shape index (κ3) is 3.92. The summed E-state index contributed by atoms with van der Waals surface area (Å²) in [6.45, 7) is 6.15. The van der Waals surface area contributed by atoms with Gasteiger partial charge in [0.1, 0.15) is 18.5 Å². The number of nitrogens with two attached hydrogens (primary N) is 1. The van der Waals surface area contributed by atoms with Crippen LogP contribution in [0.15, 0.2) is 55.4 Å². The Labute approximate surface area is 181 Å². The first-order chi connectivity index (χ1) is 15.2. The second-order valence-corrected chi connectivity index (χ2v) is 8.19. The molecule has 1 aromatic carbocycles. The van der Waals surface area contributed by atoms with Crippen LogP contribution in [0.25, 0.3) is 16.6 Å². The van der Waals surface area contributed by atoms with Gasteiger partial charge in [-0.1, -0.05) is 13.0 Å². The number of anilines is 1. The van der Waals surface area contributed by atoms with Gasteiger partial charge in [-0.2, -0.15) is 0 Å². The molecule has 8 heteroatoms. The summed E-state index contributed by atoms with van der Waals surface area (Å²) in [5, 5.41) is 12.8. The molecule has 4 heterocycles. The van der Waals surface area contributed by atoms with Crippen molar-refractivity contribution in [2.75, 3.05) is 25.4 Å². The van der Waals surface area contributed by atoms with Crippen LogP contribution >= 0.6 is 0 Å². The molecule has 0 radical (unpaired) electrons. The molecule has 4 N–H and O–H groups in total. The zero-order valence-electron chi connectivity index (χ0n) is 17.7. The van der Waals surface area contributed by atoms with Crippen molar-refractivity contribution in [1.29, 1.82) is 0 Å². The number of H-pyrrole nitrogens is 1. The van der Waals surface area contributed by atoms with Crippen molar-refractivity contribution < 1.29 is 0 Å². The maximum absolute atomic E-state index is 5.77. The average molecular weight is 417 g/mol. The molecular formula is C23H28N8. The lowest BCUT2D eigenvalue weighted by Crippen LogP contribution is -2.53. The van der Waals surface area contributed by atoms with E-state index in [1.807, 2.05) is 16.8 Å². The fourth-order valence-electron chi connectivity index (χ4n) is 4.76. The van der Waals surface area contributed by atoms with Gasteiger partial charge in [-0.3, -0.25) is 9.47 Å². The number of aromatic amines is 1. The summed E-state index contributed by atoms with van der Waals surface area (Å²) in [6, 6.07) is 10.8. The topological polar surface area (TPSA) is 101 Å². The van der Waals surface area contributed by atoms with Gasteiger partial charge >= 0.3 is 0 Å². The van der Waals surface area contributed by atoms with Gasteiger partial charge in [-0.05, 0) is 41.8 Å². The molecule has 0 saturated carbocycles. The van der Waals surface area contributed by atoms with E-state index in [-0.39, 0.29) is 0 Å². The van der Waals surface area contributed by atoms with Gasteiger partial charge in [0.05, 0.1) is 0 Å². The van der Waals surface area contributed by atoms with Crippen molar-refractivity contribution >= 4 is 16.7 Å². The Morgan fingerprint density at radius 1 is 1.19 bits per heavy atom. The first kappa shape index (κ1) is 19.7. The van der Waals surface area contributed by atoms with Gasteiger partial charge in [0.25, 0.3) is 0 Å². The number of benzene rings is 1. The van der Waals surface area contributed by atoms with Crippen LogP contribution in [0.3, 0.4) is 0 Å². The Morgan fingerprint density at radius 3 is 2.84 bits per heavy atom. The highest BCUT2D eigenvalue weighted by molar-refractivity contribution is 5.85. The smallest absolute Gasteiger partial charge is 0.123 e. The van der Waals surface area contributed by atoms with Crippen LogP contribution < -0.4 is 11.1 Å². The van der Waals surface area contributed by atoms with Gasteiger partial charge in [0, 0.05) is 67.1 Å². The highest BCUT2D eigenvalue weighted by atomic mass is 15.2. The molecule has 2 unspecified atom stereocenters. The molecule has 3 aromatic heterocycles. The van der Waals surface area contributed by atoms with Gasteiger partial charge in [-0.15, -0.1) is 10.2 Å². The fourth-order valence-corrected chi connectivity index (χ4v) is 4.76. The Morgan fingerprint density at radius 2 is 2.06 bits per heavy atom. The lowest BCUT2D eigenvalue weighted by molar-refractivity contribution is 0.128. The van der Waals surface area contributed by atoms with Crippen LogP contribution in [0.1, 0.15) is 30.4 Å². The normalized spacial score (nSPS) is 18.4. The van der Waals surface area contributed by atoms with Crippen molar-refractivity contribution in [3.8, 4) is 5.69 Å². The minimum Gasteiger partial charge on any atom is -0.384 e. The molecule has 2 atom stereocenters. The lowest BCUT2D eigenvalue weighted by Gasteiger charge is -2.40. The lowest BCUT2D eigenvalue weighted by atomic mass is 9.86. The van der Waals surface area contributed by atoms with E-state index in [4.69, 9.17) is 5.73 Å². The predicted octanol–water partition coefficient (Wildman–Crippen LogP) is 2.69. The average Bonchev–Trinajstić information content (AvgIpc) is 3.47. The number of aromatic nitrogens is 5. The van der Waals surface area contributed by atoms with E-state index >= 15 is 0 Å². The standard InChI is InChI=1S/C23H28N8/c1-2-18(22-12-25-7-8-30(22)13-16-3-6-23(24)27-10-16)20-11-26-21-5-4-17(9-19(20)21)31-14-28-29-15-31/h3-6,9-11,14-15,18,22,25-26H,2,7-8,12-13H2,1H3,(H2,24,27). The van der Waals surface area contributed by atoms with Crippen molar-refractivity contribution in [3.05, 3.63) is 66.5 Å². The zero-order valence-corrected chi connectivity index (χ0v) is 17.7. The zero-order chi connectivity index (χ0) is 21.2. The monoisotopic (exact) mass is 416 g/mol. The molecule has 5 rings (SSSR count). The molecule has 160 valence electrons. The van der Waals surface area contributed by atoms with Crippen molar-refractivity contribution in [1.82, 2.24) is 34.9 Å². The molecule has 31 heavy (non-hydrogen) atoms. The molecule has 1 aliphatic heterocycles. The summed E-state index contributed by atoms with van der Waals surface area (Å²) in [5.74, 6) is 0.967. The van der Waals surface area contributed by atoms with Crippen molar-refractivity contribution in [2.24, 2.45) is 0 Å². The van der Waals surface area contributed by atoms with Gasteiger partial charge in [0.2, 0.25) is 0 Å². The molecule has 1 saturated heterocycles. The summed E-state index contributed by atoms with van der Waals surface area (Å²) in [5.41, 5.74) is 10.6. The minimum atomic E-state index is 0.397. The number of pyridine rings is 1. The Hall–Kier alpha value is -3.23. The van der Waals surface area contributed by atoms with E-state index < -0.39 is 0 Å². The number of rotatable bonds is 6. The number of hydrogen-bond donors (Lipinski definition) is 3. The molecule has 0 amide bonds. The summed E-state index contributed by atoms with van der Waals surface area (Å²) < 4.78 is 1.94. The molecule has 0 aliphatic carbocycles. The maximum atomic E-state index is 5.77. The van der Waals surface area contributed by atoms with Crippen molar-refractivity contribution in [2.45, 2.75) is 31.8 Å². The van der Waals surface area contributed by atoms with Crippen LogP contribution in [0.2, 0.25) is 0 Å². The van der Waals surface area contributed by atoms with Gasteiger partial charge in [-0.25, -0.2) is 4.98 Å². The van der Waals surface area contributed by atoms with E-state index in [0.717, 1.165) is 43.8 Å². The molecular weight excluding hydrogens is 388 g/mol. The largest absolute Gasteiger partial charge is 0.384 e. The van der Waals surface area contributed by atoms with Crippen LogP contribution in [0.4, 0.5) is 5.82 Å². The summed E-state index contributed by atoms with van der Waals surface area (Å²) in [4.78, 5) is 10.3. The Bertz CT molecular complexity index is 1130. The minimum absolute atomic E-state index is 0.397. The third-order valence-electron chi connectivity index (χ3n) is 6.35. The highest BCUT2D eigenvalue weighted by Crippen LogP contribution is 2.34. The second kappa shape index (κ2) is 8.49. The van der Waals surface area contributed by atoms with Gasteiger partial charge in [0.15, 0.2) is 0 Å². The third-order valence-corrected chi connectivity index (χ3v) is 6.35. The molecule has 8 nitrogen and oxygen atoms in total. The molecule has 4 aromatic rings. The van der Waals surface area contributed by atoms with E-state index in [0.29, 0.717) is 17.8 Å². The number of nitrogens with zero attached hydrogens (tertiary/aromatic N) is 5. The predicted molar refractivity (Wildman–Crippen MR) is 122 cm³/mol. The summed E-state index contributed by atoms with van der Waals surface area (Å²) >= 11 is 0. The number of nitrogens with one attached hydrogen (secondary N) is 2. The van der Waals surface area contributed by atoms with E-state index in [1.54, 1.807) is 12.7 Å². The fraction of sp³-hybridized carbons (Fsp3) is 0.348. The summed E-state index contributed by atoms with van der Waals surface area (Å²) in [6.07, 6.45) is 8.61.